The number of carboxylic acid groups (broad SMARTS) is 1. The molecule has 0 aliphatic carbocycles. The maximum Gasteiger partial charge on any atom is 0.335 e. The van der Waals surface area contributed by atoms with Crippen LogP contribution in [0.1, 0.15) is 290 Å². The summed E-state index contributed by atoms with van der Waals surface area (Å²) in [5.74, 6) is -3.13. The molecular formula is C65H114O12. The molecule has 0 bridgehead atoms. The van der Waals surface area contributed by atoms with Crippen LogP contribution >= 0.6 is 0 Å². The van der Waals surface area contributed by atoms with Gasteiger partial charge in [-0.05, 0) is 103 Å². The number of aliphatic carboxylic acids is 1. The van der Waals surface area contributed by atoms with Crippen LogP contribution in [0.5, 0.6) is 0 Å². The van der Waals surface area contributed by atoms with E-state index in [4.69, 9.17) is 23.7 Å². The van der Waals surface area contributed by atoms with Crippen molar-refractivity contribution in [3.63, 3.8) is 0 Å². The second-order valence-corrected chi connectivity index (χ2v) is 21.7. The molecule has 1 saturated heterocycles. The fraction of sp³-hybridized carbons (Fsp3) is 0.815. The lowest BCUT2D eigenvalue weighted by molar-refractivity contribution is -0.301. The predicted molar refractivity (Wildman–Crippen MR) is 312 cm³/mol. The third kappa shape index (κ3) is 43.2. The maximum absolute atomic E-state index is 13.2. The van der Waals surface area contributed by atoms with Gasteiger partial charge in [-0.1, -0.05) is 217 Å². The number of allylic oxidation sites excluding steroid dienone is 8. The number of esters is 3. The van der Waals surface area contributed by atoms with Crippen molar-refractivity contribution in [2.75, 3.05) is 13.2 Å². The van der Waals surface area contributed by atoms with Gasteiger partial charge in [0.1, 0.15) is 18.8 Å². The molecule has 0 spiro atoms. The molecule has 6 atom stereocenters. The summed E-state index contributed by atoms with van der Waals surface area (Å²) >= 11 is 0. The largest absolute Gasteiger partial charge is 0.479 e. The second-order valence-electron chi connectivity index (χ2n) is 21.7. The quantitative estimate of drug-likeness (QED) is 0.0228. The molecule has 0 aromatic carbocycles. The summed E-state index contributed by atoms with van der Waals surface area (Å²) in [6.07, 6.45) is 52.1. The van der Waals surface area contributed by atoms with E-state index in [-0.39, 0.29) is 25.9 Å². The Hall–Kier alpha value is -3.32. The van der Waals surface area contributed by atoms with Gasteiger partial charge < -0.3 is 39.0 Å². The van der Waals surface area contributed by atoms with Gasteiger partial charge in [-0.3, -0.25) is 14.4 Å². The topological polar surface area (TPSA) is 175 Å². The Morgan fingerprint density at radius 3 is 1.21 bits per heavy atom. The SMILES string of the molecule is CCCCC/C=C\C/C=C\CCCCCCCC(=O)OC(COC(=O)CCCCCCCCC/C=C\CCCCCCCC)COC1OC(C(=O)O)C(O)C(O)C1OC(=O)CCCCCCC/C=C\CCCCCCCC. The first kappa shape index (κ1) is 71.7. The first-order valence-electron chi connectivity index (χ1n) is 31.6. The molecule has 3 N–H and O–H groups in total. The summed E-state index contributed by atoms with van der Waals surface area (Å²) in [4.78, 5) is 51.2. The van der Waals surface area contributed by atoms with Crippen molar-refractivity contribution in [3.8, 4) is 0 Å². The monoisotopic (exact) mass is 1090 g/mol. The lowest BCUT2D eigenvalue weighted by atomic mass is 9.98. The second kappa shape index (κ2) is 53.3. The van der Waals surface area contributed by atoms with Gasteiger partial charge in [0.2, 0.25) is 0 Å². The van der Waals surface area contributed by atoms with Crippen LogP contribution in [-0.4, -0.2) is 89.2 Å². The van der Waals surface area contributed by atoms with Crippen LogP contribution in [0.15, 0.2) is 48.6 Å². The van der Waals surface area contributed by atoms with Crippen molar-refractivity contribution < 1.29 is 58.2 Å². The number of hydrogen-bond donors (Lipinski definition) is 3. The van der Waals surface area contributed by atoms with E-state index in [1.807, 2.05) is 0 Å². The summed E-state index contributed by atoms with van der Waals surface area (Å²) < 4.78 is 28.5. The average molecular weight is 1090 g/mol. The Bertz CT molecular complexity index is 1520. The van der Waals surface area contributed by atoms with Gasteiger partial charge in [0.25, 0.3) is 0 Å². The zero-order valence-electron chi connectivity index (χ0n) is 49.2. The van der Waals surface area contributed by atoms with Crippen molar-refractivity contribution in [2.45, 2.75) is 327 Å². The number of carboxylic acids is 1. The molecule has 0 amide bonds. The summed E-state index contributed by atoms with van der Waals surface area (Å²) in [5, 5.41) is 31.5. The fourth-order valence-corrected chi connectivity index (χ4v) is 9.45. The summed E-state index contributed by atoms with van der Waals surface area (Å²) in [6.45, 7) is 5.97. The van der Waals surface area contributed by atoms with Crippen LogP contribution in [0.3, 0.4) is 0 Å². The minimum atomic E-state index is -1.91. The van der Waals surface area contributed by atoms with E-state index in [1.54, 1.807) is 0 Å². The Labute approximate surface area is 469 Å². The number of aliphatic hydroxyl groups excluding tert-OH is 2. The van der Waals surface area contributed by atoms with Crippen molar-refractivity contribution in [3.05, 3.63) is 48.6 Å². The van der Waals surface area contributed by atoms with Crippen LogP contribution in [0.25, 0.3) is 0 Å². The Morgan fingerprint density at radius 1 is 0.429 bits per heavy atom. The van der Waals surface area contributed by atoms with Crippen molar-refractivity contribution in [2.24, 2.45) is 0 Å². The van der Waals surface area contributed by atoms with Gasteiger partial charge in [0, 0.05) is 19.3 Å². The smallest absolute Gasteiger partial charge is 0.335 e. The highest BCUT2D eigenvalue weighted by molar-refractivity contribution is 5.74. The molecule has 77 heavy (non-hydrogen) atoms. The van der Waals surface area contributed by atoms with Gasteiger partial charge >= 0.3 is 23.9 Å². The molecule has 0 saturated carbocycles. The van der Waals surface area contributed by atoms with Crippen LogP contribution in [0, 0.1) is 0 Å². The molecule has 446 valence electrons. The molecule has 1 heterocycles. The Balaban J connectivity index is 2.68. The molecule has 6 unspecified atom stereocenters. The molecule has 1 rings (SSSR count). The van der Waals surface area contributed by atoms with Crippen molar-refractivity contribution in [1.29, 1.82) is 0 Å². The third-order valence-electron chi connectivity index (χ3n) is 14.3. The number of carbonyl (C=O) groups is 4. The zero-order valence-corrected chi connectivity index (χ0v) is 49.2. The summed E-state index contributed by atoms with van der Waals surface area (Å²) in [5.41, 5.74) is 0. The number of ether oxygens (including phenoxy) is 5. The third-order valence-corrected chi connectivity index (χ3v) is 14.3. The van der Waals surface area contributed by atoms with Crippen LogP contribution in [0.4, 0.5) is 0 Å². The molecule has 0 aromatic heterocycles. The molecule has 1 aliphatic heterocycles. The lowest BCUT2D eigenvalue weighted by Gasteiger charge is -2.40. The van der Waals surface area contributed by atoms with Gasteiger partial charge in [-0.2, -0.15) is 0 Å². The molecule has 1 aliphatic rings. The van der Waals surface area contributed by atoms with Gasteiger partial charge in [0.05, 0.1) is 6.61 Å². The van der Waals surface area contributed by atoms with E-state index in [0.717, 1.165) is 109 Å². The molecule has 1 fully saturated rings. The highest BCUT2D eigenvalue weighted by atomic mass is 16.7. The highest BCUT2D eigenvalue weighted by Crippen LogP contribution is 2.26. The fourth-order valence-electron chi connectivity index (χ4n) is 9.45. The molecule has 0 radical (unpaired) electrons. The van der Waals surface area contributed by atoms with E-state index in [2.05, 4.69) is 69.4 Å². The summed E-state index contributed by atoms with van der Waals surface area (Å²) in [6, 6.07) is 0. The Kier molecular flexibility index (Phi) is 49.7. The van der Waals surface area contributed by atoms with E-state index in [9.17, 15) is 34.5 Å². The predicted octanol–water partition coefficient (Wildman–Crippen LogP) is 16.6. The van der Waals surface area contributed by atoms with E-state index in [1.165, 1.54) is 122 Å². The van der Waals surface area contributed by atoms with Crippen LogP contribution in [-0.2, 0) is 42.9 Å². The van der Waals surface area contributed by atoms with Crippen LogP contribution < -0.4 is 0 Å². The van der Waals surface area contributed by atoms with Crippen molar-refractivity contribution in [1.82, 2.24) is 0 Å². The molecule has 12 heteroatoms. The molecule has 0 aromatic rings. The van der Waals surface area contributed by atoms with E-state index >= 15 is 0 Å². The minimum absolute atomic E-state index is 0.0498. The van der Waals surface area contributed by atoms with Gasteiger partial charge in [-0.15, -0.1) is 0 Å². The highest BCUT2D eigenvalue weighted by Gasteiger charge is 2.50. The standard InChI is InChI=1S/C65H114O12/c1-4-7-10-13-16-19-22-25-28-29-32-33-36-39-42-45-48-51-57(66)73-54-56(75-58(67)52-49-46-43-40-37-34-30-26-23-20-17-14-11-8-5-2)55-74-65-63(61(70)60(69)62(77-65)64(71)72)76-59(68)53-50-47-44-41-38-35-31-27-24-21-18-15-12-9-6-3/h17,20,25-28,30-31,56,60-63,65,69-70H,4-16,18-19,21-24,29,32-55H2,1-3H3,(H,71,72)/b20-17-,28-25-,30-26-,31-27-. The normalized spacial score (nSPS) is 18.3. The van der Waals surface area contributed by atoms with Gasteiger partial charge in [0.15, 0.2) is 24.6 Å². The van der Waals surface area contributed by atoms with Crippen molar-refractivity contribution >= 4 is 23.9 Å². The zero-order chi connectivity index (χ0) is 56.1. The lowest BCUT2D eigenvalue weighted by Crippen LogP contribution is -2.61. The number of hydrogen-bond acceptors (Lipinski definition) is 11. The number of unbranched alkanes of at least 4 members (excludes halogenated alkanes) is 32. The average Bonchev–Trinajstić information content (AvgIpc) is 3.43. The number of rotatable bonds is 54. The van der Waals surface area contributed by atoms with E-state index < -0.39 is 67.3 Å². The number of carbonyl (C=O) groups excluding carboxylic acids is 3. The van der Waals surface area contributed by atoms with Crippen LogP contribution in [0.2, 0.25) is 0 Å². The maximum atomic E-state index is 13.2. The summed E-state index contributed by atoms with van der Waals surface area (Å²) in [7, 11) is 0. The number of aliphatic hydroxyl groups is 2. The van der Waals surface area contributed by atoms with Gasteiger partial charge in [-0.25, -0.2) is 4.79 Å². The Morgan fingerprint density at radius 2 is 0.779 bits per heavy atom. The minimum Gasteiger partial charge on any atom is -0.479 e. The molecule has 12 nitrogen and oxygen atoms in total. The molecular weight excluding hydrogens is 973 g/mol. The first-order valence-corrected chi connectivity index (χ1v) is 31.6. The first-order chi connectivity index (χ1) is 37.6. The van der Waals surface area contributed by atoms with E-state index in [0.29, 0.717) is 19.3 Å².